The molecule has 0 bridgehead atoms. The van der Waals surface area contributed by atoms with Gasteiger partial charge in [-0.3, -0.25) is 9.59 Å². The van der Waals surface area contributed by atoms with Gasteiger partial charge in [-0.1, -0.05) is 20.8 Å². The van der Waals surface area contributed by atoms with E-state index >= 15 is 0 Å². The number of nitrogens with zero attached hydrogens (tertiary/aromatic N) is 1. The molecule has 0 aromatic heterocycles. The number of hydrogen-bond donors (Lipinski definition) is 2. The minimum Gasteiger partial charge on any atom is -0.346 e. The van der Waals surface area contributed by atoms with Crippen molar-refractivity contribution in [2.75, 3.05) is 19.6 Å². The van der Waals surface area contributed by atoms with Gasteiger partial charge in [0.15, 0.2) is 0 Å². The minimum atomic E-state index is -0.605. The van der Waals surface area contributed by atoms with Crippen LogP contribution in [0.3, 0.4) is 0 Å². The highest BCUT2D eigenvalue weighted by molar-refractivity contribution is 5.87. The van der Waals surface area contributed by atoms with Crippen LogP contribution in [0.4, 0.5) is 0 Å². The third-order valence-electron chi connectivity index (χ3n) is 2.75. The van der Waals surface area contributed by atoms with Gasteiger partial charge in [-0.15, -0.1) is 0 Å². The lowest BCUT2D eigenvalue weighted by molar-refractivity contribution is -0.133. The SMILES string of the molecule is CCN(CC)C(=O)CNC(=O)[C@H](N)C(C)(C)C. The summed E-state index contributed by atoms with van der Waals surface area (Å²) in [5, 5.41) is 2.58. The average Bonchev–Trinajstić information content (AvgIpc) is 2.25. The lowest BCUT2D eigenvalue weighted by atomic mass is 9.87. The van der Waals surface area contributed by atoms with E-state index in [-0.39, 0.29) is 23.8 Å². The Kier molecular flexibility index (Phi) is 6.16. The number of amides is 2. The van der Waals surface area contributed by atoms with Crippen molar-refractivity contribution in [3.8, 4) is 0 Å². The van der Waals surface area contributed by atoms with Gasteiger partial charge in [0, 0.05) is 13.1 Å². The van der Waals surface area contributed by atoms with Crippen molar-refractivity contribution in [3.05, 3.63) is 0 Å². The van der Waals surface area contributed by atoms with Crippen molar-refractivity contribution < 1.29 is 9.59 Å². The molecular weight excluding hydrogens is 218 g/mol. The monoisotopic (exact) mass is 243 g/mol. The van der Waals surface area contributed by atoms with Gasteiger partial charge in [0.2, 0.25) is 11.8 Å². The Morgan fingerprint density at radius 2 is 1.71 bits per heavy atom. The van der Waals surface area contributed by atoms with Gasteiger partial charge >= 0.3 is 0 Å². The smallest absolute Gasteiger partial charge is 0.241 e. The molecule has 100 valence electrons. The quantitative estimate of drug-likeness (QED) is 0.731. The molecule has 0 heterocycles. The summed E-state index contributed by atoms with van der Waals surface area (Å²) in [4.78, 5) is 25.0. The molecule has 2 amide bonds. The summed E-state index contributed by atoms with van der Waals surface area (Å²) in [6.45, 7) is 10.8. The van der Waals surface area contributed by atoms with E-state index in [1.54, 1.807) is 4.90 Å². The molecule has 0 saturated carbocycles. The predicted molar refractivity (Wildman–Crippen MR) is 68.4 cm³/mol. The van der Waals surface area contributed by atoms with Crippen LogP contribution < -0.4 is 11.1 Å². The van der Waals surface area contributed by atoms with Crippen LogP contribution in [0.5, 0.6) is 0 Å². The summed E-state index contributed by atoms with van der Waals surface area (Å²) in [6.07, 6.45) is 0. The van der Waals surface area contributed by atoms with Gasteiger partial charge in [0.05, 0.1) is 12.6 Å². The Labute approximate surface area is 104 Å². The number of hydrogen-bond acceptors (Lipinski definition) is 3. The molecule has 5 nitrogen and oxygen atoms in total. The zero-order valence-electron chi connectivity index (χ0n) is 11.5. The topological polar surface area (TPSA) is 75.4 Å². The second kappa shape index (κ2) is 6.59. The molecule has 3 N–H and O–H groups in total. The number of likely N-dealkylation sites (N-methyl/N-ethyl adjacent to an activating group) is 1. The number of rotatable bonds is 5. The van der Waals surface area contributed by atoms with Crippen molar-refractivity contribution in [1.82, 2.24) is 10.2 Å². The summed E-state index contributed by atoms with van der Waals surface area (Å²) in [6, 6.07) is -0.605. The first-order valence-corrected chi connectivity index (χ1v) is 6.05. The molecule has 5 heteroatoms. The molecule has 0 aliphatic heterocycles. The second-order valence-corrected chi connectivity index (χ2v) is 5.13. The first-order chi connectivity index (χ1) is 7.73. The lowest BCUT2D eigenvalue weighted by Crippen LogP contribution is -2.51. The van der Waals surface area contributed by atoms with E-state index in [9.17, 15) is 9.59 Å². The molecule has 0 aliphatic carbocycles. The van der Waals surface area contributed by atoms with Crippen LogP contribution in [-0.4, -0.2) is 42.4 Å². The summed E-state index contributed by atoms with van der Waals surface area (Å²) < 4.78 is 0. The third-order valence-corrected chi connectivity index (χ3v) is 2.75. The molecular formula is C12H25N3O2. The Hall–Kier alpha value is -1.10. The van der Waals surface area contributed by atoms with Crippen LogP contribution >= 0.6 is 0 Å². The standard InChI is InChI=1S/C12H25N3O2/c1-6-15(7-2)9(16)8-14-11(17)10(13)12(3,4)5/h10H,6-8,13H2,1-5H3,(H,14,17)/t10-/m0/s1. The van der Waals surface area contributed by atoms with E-state index in [0.29, 0.717) is 13.1 Å². The van der Waals surface area contributed by atoms with Gasteiger partial charge in [0.25, 0.3) is 0 Å². The molecule has 0 radical (unpaired) electrons. The molecule has 17 heavy (non-hydrogen) atoms. The molecule has 0 unspecified atom stereocenters. The number of carbonyl (C=O) groups excluding carboxylic acids is 2. The lowest BCUT2D eigenvalue weighted by Gasteiger charge is -2.26. The maximum Gasteiger partial charge on any atom is 0.241 e. The minimum absolute atomic E-state index is 0.0181. The average molecular weight is 243 g/mol. The molecule has 0 aliphatic rings. The molecule has 0 aromatic carbocycles. The van der Waals surface area contributed by atoms with Crippen LogP contribution in [0.2, 0.25) is 0 Å². The highest BCUT2D eigenvalue weighted by Gasteiger charge is 2.27. The van der Waals surface area contributed by atoms with Gasteiger partial charge in [-0.2, -0.15) is 0 Å². The van der Waals surface area contributed by atoms with E-state index in [4.69, 9.17) is 5.73 Å². The molecule has 0 aromatic rings. The second-order valence-electron chi connectivity index (χ2n) is 5.13. The van der Waals surface area contributed by atoms with E-state index in [0.717, 1.165) is 0 Å². The molecule has 0 saturated heterocycles. The fraction of sp³-hybridized carbons (Fsp3) is 0.833. The van der Waals surface area contributed by atoms with Crippen LogP contribution in [0.25, 0.3) is 0 Å². The van der Waals surface area contributed by atoms with Crippen molar-refractivity contribution in [1.29, 1.82) is 0 Å². The van der Waals surface area contributed by atoms with Crippen molar-refractivity contribution in [2.24, 2.45) is 11.1 Å². The zero-order valence-corrected chi connectivity index (χ0v) is 11.5. The van der Waals surface area contributed by atoms with Gasteiger partial charge in [-0.25, -0.2) is 0 Å². The van der Waals surface area contributed by atoms with E-state index in [1.807, 2.05) is 34.6 Å². The first-order valence-electron chi connectivity index (χ1n) is 6.05. The van der Waals surface area contributed by atoms with Crippen LogP contribution in [0.15, 0.2) is 0 Å². The van der Waals surface area contributed by atoms with Gasteiger partial charge < -0.3 is 16.0 Å². The largest absolute Gasteiger partial charge is 0.346 e. The third kappa shape index (κ3) is 5.17. The Morgan fingerprint density at radius 3 is 2.06 bits per heavy atom. The van der Waals surface area contributed by atoms with E-state index in [1.165, 1.54) is 0 Å². The molecule has 1 atom stereocenters. The maximum absolute atomic E-state index is 11.7. The molecule has 0 spiro atoms. The number of nitrogens with two attached hydrogens (primary N) is 1. The predicted octanol–water partition coefficient (Wildman–Crippen LogP) is 0.344. The fourth-order valence-corrected chi connectivity index (χ4v) is 1.35. The summed E-state index contributed by atoms with van der Waals surface area (Å²) >= 11 is 0. The van der Waals surface area contributed by atoms with E-state index in [2.05, 4.69) is 5.32 Å². The van der Waals surface area contributed by atoms with Crippen LogP contribution in [0.1, 0.15) is 34.6 Å². The highest BCUT2D eigenvalue weighted by Crippen LogP contribution is 2.16. The maximum atomic E-state index is 11.7. The van der Waals surface area contributed by atoms with Crippen molar-refractivity contribution in [3.63, 3.8) is 0 Å². The molecule has 0 fully saturated rings. The number of carbonyl (C=O) groups is 2. The Bertz CT molecular complexity index is 267. The van der Waals surface area contributed by atoms with Gasteiger partial charge in [-0.05, 0) is 19.3 Å². The molecule has 0 rings (SSSR count). The fourth-order valence-electron chi connectivity index (χ4n) is 1.35. The highest BCUT2D eigenvalue weighted by atomic mass is 16.2. The van der Waals surface area contributed by atoms with Crippen LogP contribution in [-0.2, 0) is 9.59 Å². The summed E-state index contributed by atoms with van der Waals surface area (Å²) in [7, 11) is 0. The normalized spacial score (nSPS) is 13.1. The Balaban J connectivity index is 4.21. The van der Waals surface area contributed by atoms with Gasteiger partial charge in [0.1, 0.15) is 0 Å². The van der Waals surface area contributed by atoms with Crippen molar-refractivity contribution in [2.45, 2.75) is 40.7 Å². The summed E-state index contributed by atoms with van der Waals surface area (Å²) in [5.74, 6) is -0.359. The first kappa shape index (κ1) is 15.9. The van der Waals surface area contributed by atoms with E-state index < -0.39 is 6.04 Å². The zero-order chi connectivity index (χ0) is 13.6. The van der Waals surface area contributed by atoms with Crippen LogP contribution in [0, 0.1) is 5.41 Å². The van der Waals surface area contributed by atoms with Crippen molar-refractivity contribution >= 4 is 11.8 Å². The summed E-state index contributed by atoms with van der Waals surface area (Å²) in [5.41, 5.74) is 5.48. The Morgan fingerprint density at radius 1 is 1.24 bits per heavy atom. The number of nitrogens with one attached hydrogen (secondary N) is 1.